The second-order valence-electron chi connectivity index (χ2n) is 6.44. The number of primary amides is 1. The van der Waals surface area contributed by atoms with Crippen molar-refractivity contribution in [3.05, 3.63) is 53.1 Å². The van der Waals surface area contributed by atoms with Gasteiger partial charge in [0.2, 0.25) is 5.91 Å². The summed E-state index contributed by atoms with van der Waals surface area (Å²) in [5.41, 5.74) is 6.37. The first kappa shape index (κ1) is 17.5. The molecule has 0 aromatic heterocycles. The van der Waals surface area contributed by atoms with Crippen LogP contribution in [0.1, 0.15) is 28.4 Å². The summed E-state index contributed by atoms with van der Waals surface area (Å²) in [4.78, 5) is 36.7. The molecule has 0 fully saturated rings. The van der Waals surface area contributed by atoms with E-state index in [2.05, 4.69) is 10.6 Å². The minimum atomic E-state index is -1.75. The molecule has 0 saturated carbocycles. The average Bonchev–Trinajstić information content (AvgIpc) is 2.58. The van der Waals surface area contributed by atoms with E-state index in [1.807, 2.05) is 13.0 Å². The molecule has 0 aliphatic carbocycles. The number of fused-ring (bicyclic) bond motifs is 1. The standard InChI is InChI=1S/C19H19N3O4/c1-10-4-7-15-14(8-10)22-18(25)19(3,26-15)17(24)21-13-9-12(16(20)23)6-5-11(13)2/h4-9H,1-3H3,(H2,20,23)(H,21,24)(H,22,25). The zero-order valence-corrected chi connectivity index (χ0v) is 14.7. The van der Waals surface area contributed by atoms with Gasteiger partial charge in [-0.3, -0.25) is 14.4 Å². The van der Waals surface area contributed by atoms with Gasteiger partial charge in [-0.2, -0.15) is 0 Å². The van der Waals surface area contributed by atoms with Crippen LogP contribution in [0.3, 0.4) is 0 Å². The summed E-state index contributed by atoms with van der Waals surface area (Å²) in [6.07, 6.45) is 0. The minimum absolute atomic E-state index is 0.255. The van der Waals surface area contributed by atoms with Crippen molar-refractivity contribution >= 4 is 29.1 Å². The Labute approximate surface area is 150 Å². The van der Waals surface area contributed by atoms with Gasteiger partial charge in [-0.15, -0.1) is 0 Å². The van der Waals surface area contributed by atoms with Gasteiger partial charge in [-0.05, 0) is 56.2 Å². The number of nitrogens with two attached hydrogens (primary N) is 1. The molecule has 7 nitrogen and oxygen atoms in total. The first-order valence-corrected chi connectivity index (χ1v) is 8.04. The van der Waals surface area contributed by atoms with Crippen molar-refractivity contribution in [2.45, 2.75) is 26.4 Å². The molecular weight excluding hydrogens is 334 g/mol. The third kappa shape index (κ3) is 2.99. The summed E-state index contributed by atoms with van der Waals surface area (Å²) in [5.74, 6) is -1.42. The Kier molecular flexibility index (Phi) is 4.15. The molecular formula is C19H19N3O4. The highest BCUT2D eigenvalue weighted by atomic mass is 16.5. The van der Waals surface area contributed by atoms with Crippen LogP contribution in [0, 0.1) is 13.8 Å². The van der Waals surface area contributed by atoms with Crippen molar-refractivity contribution in [1.29, 1.82) is 0 Å². The molecule has 0 spiro atoms. The van der Waals surface area contributed by atoms with Crippen molar-refractivity contribution in [3.8, 4) is 5.75 Å². The Morgan fingerprint density at radius 2 is 1.88 bits per heavy atom. The molecule has 2 aromatic rings. The third-order valence-corrected chi connectivity index (χ3v) is 4.33. The van der Waals surface area contributed by atoms with Crippen LogP contribution < -0.4 is 21.1 Å². The van der Waals surface area contributed by atoms with Crippen LogP contribution >= 0.6 is 0 Å². The van der Waals surface area contributed by atoms with E-state index in [1.54, 1.807) is 31.2 Å². The number of carbonyl (C=O) groups excluding carboxylic acids is 3. The maximum Gasteiger partial charge on any atom is 0.278 e. The van der Waals surface area contributed by atoms with Gasteiger partial charge >= 0.3 is 0 Å². The van der Waals surface area contributed by atoms with Crippen LogP contribution in [0.5, 0.6) is 5.75 Å². The molecule has 1 atom stereocenters. The Hall–Kier alpha value is -3.35. The quantitative estimate of drug-likeness (QED) is 0.734. The third-order valence-electron chi connectivity index (χ3n) is 4.33. The molecule has 1 aliphatic rings. The van der Waals surface area contributed by atoms with Crippen LogP contribution in [0.2, 0.25) is 0 Å². The smallest absolute Gasteiger partial charge is 0.278 e. The number of nitrogens with one attached hydrogen (secondary N) is 2. The van der Waals surface area contributed by atoms with Gasteiger partial charge in [0.05, 0.1) is 5.69 Å². The molecule has 0 bridgehead atoms. The highest BCUT2D eigenvalue weighted by Gasteiger charge is 2.47. The summed E-state index contributed by atoms with van der Waals surface area (Å²) in [6, 6.07) is 10.0. The van der Waals surface area contributed by atoms with Crippen molar-refractivity contribution in [2.24, 2.45) is 5.73 Å². The molecule has 2 aromatic carbocycles. The summed E-state index contributed by atoms with van der Waals surface area (Å²) in [5, 5.41) is 5.36. The number of rotatable bonds is 3. The lowest BCUT2D eigenvalue weighted by Crippen LogP contribution is -2.56. The number of amides is 3. The predicted molar refractivity (Wildman–Crippen MR) is 97.2 cm³/mol. The molecule has 134 valence electrons. The van der Waals surface area contributed by atoms with Crippen molar-refractivity contribution < 1.29 is 19.1 Å². The first-order chi connectivity index (χ1) is 12.2. The zero-order chi connectivity index (χ0) is 19.1. The highest BCUT2D eigenvalue weighted by molar-refractivity contribution is 6.19. The molecule has 4 N–H and O–H groups in total. The van der Waals surface area contributed by atoms with Crippen LogP contribution in [0.25, 0.3) is 0 Å². The van der Waals surface area contributed by atoms with Crippen molar-refractivity contribution in [2.75, 3.05) is 10.6 Å². The molecule has 1 unspecified atom stereocenters. The number of carbonyl (C=O) groups is 3. The maximum absolute atomic E-state index is 12.8. The Balaban J connectivity index is 1.90. The lowest BCUT2D eigenvalue weighted by molar-refractivity contribution is -0.143. The van der Waals surface area contributed by atoms with E-state index >= 15 is 0 Å². The average molecular weight is 353 g/mol. The SMILES string of the molecule is Cc1ccc2c(c1)NC(=O)C(C)(C(=O)Nc1cc(C(N)=O)ccc1C)O2. The van der Waals surface area contributed by atoms with Crippen LogP contribution in [-0.2, 0) is 9.59 Å². The van der Waals surface area contributed by atoms with Crippen molar-refractivity contribution in [1.82, 2.24) is 0 Å². The van der Waals surface area contributed by atoms with E-state index < -0.39 is 23.3 Å². The largest absolute Gasteiger partial charge is 0.466 e. The number of benzene rings is 2. The Morgan fingerprint density at radius 1 is 1.15 bits per heavy atom. The zero-order valence-electron chi connectivity index (χ0n) is 14.7. The van der Waals surface area contributed by atoms with E-state index in [9.17, 15) is 14.4 Å². The van der Waals surface area contributed by atoms with Gasteiger partial charge in [-0.1, -0.05) is 12.1 Å². The van der Waals surface area contributed by atoms with Crippen LogP contribution in [0.4, 0.5) is 11.4 Å². The fourth-order valence-electron chi connectivity index (χ4n) is 2.64. The fourth-order valence-corrected chi connectivity index (χ4v) is 2.64. The second kappa shape index (κ2) is 6.18. The van der Waals surface area contributed by atoms with Gasteiger partial charge in [0.1, 0.15) is 5.75 Å². The van der Waals surface area contributed by atoms with Gasteiger partial charge in [0.15, 0.2) is 0 Å². The number of anilines is 2. The number of hydrogen-bond acceptors (Lipinski definition) is 4. The normalized spacial score (nSPS) is 18.3. The Morgan fingerprint density at radius 3 is 2.58 bits per heavy atom. The first-order valence-electron chi connectivity index (χ1n) is 8.04. The lowest BCUT2D eigenvalue weighted by atomic mass is 10.0. The van der Waals surface area contributed by atoms with Crippen LogP contribution in [0.15, 0.2) is 36.4 Å². The topological polar surface area (TPSA) is 111 Å². The van der Waals surface area contributed by atoms with Gasteiger partial charge in [0, 0.05) is 11.3 Å². The second-order valence-corrected chi connectivity index (χ2v) is 6.44. The fraction of sp³-hybridized carbons (Fsp3) is 0.211. The monoisotopic (exact) mass is 353 g/mol. The van der Waals surface area contributed by atoms with E-state index in [-0.39, 0.29) is 5.56 Å². The van der Waals surface area contributed by atoms with E-state index in [4.69, 9.17) is 10.5 Å². The molecule has 0 saturated heterocycles. The highest BCUT2D eigenvalue weighted by Crippen LogP contribution is 2.35. The molecule has 3 rings (SSSR count). The number of aryl methyl sites for hydroxylation is 2. The summed E-state index contributed by atoms with van der Waals surface area (Å²) in [7, 11) is 0. The predicted octanol–water partition coefficient (Wildman–Crippen LogP) is 2.13. The van der Waals surface area contributed by atoms with E-state index in [0.717, 1.165) is 11.1 Å². The molecule has 7 heteroatoms. The van der Waals surface area contributed by atoms with Crippen molar-refractivity contribution in [3.63, 3.8) is 0 Å². The number of hydrogen-bond donors (Lipinski definition) is 3. The Bertz CT molecular complexity index is 938. The minimum Gasteiger partial charge on any atom is -0.466 e. The molecule has 26 heavy (non-hydrogen) atoms. The summed E-state index contributed by atoms with van der Waals surface area (Å²) < 4.78 is 5.72. The molecule has 1 aliphatic heterocycles. The van der Waals surface area contributed by atoms with E-state index in [0.29, 0.717) is 17.1 Å². The molecule has 0 radical (unpaired) electrons. The summed E-state index contributed by atoms with van der Waals surface area (Å²) in [6.45, 7) is 5.05. The van der Waals surface area contributed by atoms with Gasteiger partial charge in [0.25, 0.3) is 17.4 Å². The van der Waals surface area contributed by atoms with Gasteiger partial charge < -0.3 is 21.1 Å². The van der Waals surface area contributed by atoms with E-state index in [1.165, 1.54) is 13.0 Å². The number of ether oxygens (including phenoxy) is 1. The lowest BCUT2D eigenvalue weighted by Gasteiger charge is -2.33. The molecule has 1 heterocycles. The maximum atomic E-state index is 12.8. The molecule has 3 amide bonds. The summed E-state index contributed by atoms with van der Waals surface area (Å²) >= 11 is 0. The van der Waals surface area contributed by atoms with Gasteiger partial charge in [-0.25, -0.2) is 0 Å². The van der Waals surface area contributed by atoms with Crippen LogP contribution in [-0.4, -0.2) is 23.3 Å².